The van der Waals surface area contributed by atoms with Crippen molar-refractivity contribution >= 4 is 15.9 Å². The molecule has 0 nitrogen and oxygen atoms in total. The van der Waals surface area contributed by atoms with Crippen LogP contribution in [0.25, 0.3) is 0 Å². The van der Waals surface area contributed by atoms with Gasteiger partial charge in [-0.25, -0.2) is 0 Å². The Bertz CT molecular complexity index is 434. The Kier molecular flexibility index (Phi) is 4.17. The van der Waals surface area contributed by atoms with E-state index in [1.807, 2.05) is 0 Å². The average Bonchev–Trinajstić information content (AvgIpc) is 2.33. The lowest BCUT2D eigenvalue weighted by Crippen LogP contribution is -1.96. The smallest absolute Gasteiger partial charge is 0.00719 e. The van der Waals surface area contributed by atoms with Gasteiger partial charge in [0.05, 0.1) is 0 Å². The standard InChI is InChI=1S/C15H15Br/c16-11-10-14-8-4-5-9-15(14)12-13-6-2-1-3-7-13/h1-9H,10-12H2. The molecule has 0 aliphatic rings. The molecule has 0 saturated carbocycles. The second kappa shape index (κ2) is 5.86. The van der Waals surface area contributed by atoms with Crippen LogP contribution >= 0.6 is 15.9 Å². The highest BCUT2D eigenvalue weighted by Gasteiger charge is 2.01. The van der Waals surface area contributed by atoms with E-state index in [-0.39, 0.29) is 0 Å². The third-order valence-corrected chi connectivity index (χ3v) is 3.12. The quantitative estimate of drug-likeness (QED) is 0.733. The first kappa shape index (κ1) is 11.4. The molecule has 0 saturated heterocycles. The molecule has 0 aromatic heterocycles. The molecule has 2 rings (SSSR count). The fraction of sp³-hybridized carbons (Fsp3) is 0.200. The van der Waals surface area contributed by atoms with Crippen molar-refractivity contribution in [3.8, 4) is 0 Å². The number of benzene rings is 2. The fourth-order valence-corrected chi connectivity index (χ4v) is 2.32. The van der Waals surface area contributed by atoms with Crippen molar-refractivity contribution in [2.24, 2.45) is 0 Å². The normalized spacial score (nSPS) is 10.3. The van der Waals surface area contributed by atoms with Crippen LogP contribution in [0, 0.1) is 0 Å². The van der Waals surface area contributed by atoms with E-state index in [1.165, 1.54) is 16.7 Å². The molecule has 0 aliphatic carbocycles. The number of aryl methyl sites for hydroxylation is 1. The van der Waals surface area contributed by atoms with E-state index in [1.54, 1.807) is 0 Å². The zero-order valence-corrected chi connectivity index (χ0v) is 10.8. The zero-order chi connectivity index (χ0) is 11.2. The Morgan fingerprint density at radius 1 is 0.750 bits per heavy atom. The Hall–Kier alpha value is -1.08. The van der Waals surface area contributed by atoms with E-state index in [2.05, 4.69) is 70.5 Å². The third kappa shape index (κ3) is 2.96. The number of rotatable bonds is 4. The first-order chi connectivity index (χ1) is 7.90. The molecule has 2 aromatic rings. The van der Waals surface area contributed by atoms with Gasteiger partial charge in [0.15, 0.2) is 0 Å². The lowest BCUT2D eigenvalue weighted by molar-refractivity contribution is 1.08. The van der Waals surface area contributed by atoms with Gasteiger partial charge in [-0.2, -0.15) is 0 Å². The molecular formula is C15H15Br. The first-order valence-corrected chi connectivity index (χ1v) is 6.69. The summed E-state index contributed by atoms with van der Waals surface area (Å²) in [5.74, 6) is 0. The van der Waals surface area contributed by atoms with Crippen LogP contribution in [-0.2, 0) is 12.8 Å². The fourth-order valence-electron chi connectivity index (χ4n) is 1.89. The van der Waals surface area contributed by atoms with Gasteiger partial charge in [0.2, 0.25) is 0 Å². The van der Waals surface area contributed by atoms with E-state index in [9.17, 15) is 0 Å². The van der Waals surface area contributed by atoms with E-state index >= 15 is 0 Å². The van der Waals surface area contributed by atoms with E-state index < -0.39 is 0 Å². The maximum atomic E-state index is 3.51. The number of halogens is 1. The molecule has 16 heavy (non-hydrogen) atoms. The minimum atomic E-state index is 1.03. The van der Waals surface area contributed by atoms with E-state index in [0.717, 1.165) is 18.2 Å². The molecule has 2 aromatic carbocycles. The van der Waals surface area contributed by atoms with Gasteiger partial charge in [0.1, 0.15) is 0 Å². The number of hydrogen-bond acceptors (Lipinski definition) is 0. The number of alkyl halides is 1. The average molecular weight is 275 g/mol. The van der Waals surface area contributed by atoms with Crippen LogP contribution in [0.1, 0.15) is 16.7 Å². The highest BCUT2D eigenvalue weighted by atomic mass is 79.9. The Morgan fingerprint density at radius 2 is 1.38 bits per heavy atom. The molecule has 0 atom stereocenters. The highest BCUT2D eigenvalue weighted by molar-refractivity contribution is 9.09. The molecule has 0 radical (unpaired) electrons. The molecule has 0 bridgehead atoms. The second-order valence-electron chi connectivity index (χ2n) is 3.87. The molecule has 0 N–H and O–H groups in total. The van der Waals surface area contributed by atoms with Gasteiger partial charge in [0.25, 0.3) is 0 Å². The van der Waals surface area contributed by atoms with Crippen molar-refractivity contribution < 1.29 is 0 Å². The van der Waals surface area contributed by atoms with Gasteiger partial charge in [-0.05, 0) is 29.5 Å². The van der Waals surface area contributed by atoms with Gasteiger partial charge in [-0.15, -0.1) is 0 Å². The van der Waals surface area contributed by atoms with Crippen molar-refractivity contribution in [3.63, 3.8) is 0 Å². The van der Waals surface area contributed by atoms with Crippen LogP contribution in [0.5, 0.6) is 0 Å². The minimum Gasteiger partial charge on any atom is -0.0924 e. The largest absolute Gasteiger partial charge is 0.0924 e. The lowest BCUT2D eigenvalue weighted by Gasteiger charge is -2.08. The van der Waals surface area contributed by atoms with Crippen molar-refractivity contribution in [2.45, 2.75) is 12.8 Å². The molecule has 1 heteroatoms. The topological polar surface area (TPSA) is 0 Å². The third-order valence-electron chi connectivity index (χ3n) is 2.72. The monoisotopic (exact) mass is 274 g/mol. The maximum absolute atomic E-state index is 3.51. The van der Waals surface area contributed by atoms with Crippen molar-refractivity contribution in [1.29, 1.82) is 0 Å². The van der Waals surface area contributed by atoms with Crippen LogP contribution < -0.4 is 0 Å². The Labute approximate surface area is 105 Å². The Morgan fingerprint density at radius 3 is 2.06 bits per heavy atom. The zero-order valence-electron chi connectivity index (χ0n) is 9.20. The molecule has 0 unspecified atom stereocenters. The van der Waals surface area contributed by atoms with Crippen LogP contribution in [0.4, 0.5) is 0 Å². The highest BCUT2D eigenvalue weighted by Crippen LogP contribution is 2.15. The summed E-state index contributed by atoms with van der Waals surface area (Å²) in [5, 5.41) is 1.03. The molecular weight excluding hydrogens is 260 g/mol. The van der Waals surface area contributed by atoms with Gasteiger partial charge >= 0.3 is 0 Å². The van der Waals surface area contributed by atoms with Gasteiger partial charge in [-0.3, -0.25) is 0 Å². The number of hydrogen-bond donors (Lipinski definition) is 0. The summed E-state index contributed by atoms with van der Waals surface area (Å²) in [6, 6.07) is 19.3. The SMILES string of the molecule is BrCCc1ccccc1Cc1ccccc1. The molecule has 0 spiro atoms. The van der Waals surface area contributed by atoms with Crippen LogP contribution in [0.15, 0.2) is 54.6 Å². The first-order valence-electron chi connectivity index (χ1n) is 5.57. The predicted molar refractivity (Wildman–Crippen MR) is 73.2 cm³/mol. The van der Waals surface area contributed by atoms with Crippen molar-refractivity contribution in [1.82, 2.24) is 0 Å². The lowest BCUT2D eigenvalue weighted by atomic mass is 9.98. The molecule has 0 amide bonds. The summed E-state index contributed by atoms with van der Waals surface area (Å²) in [5.41, 5.74) is 4.26. The second-order valence-corrected chi connectivity index (χ2v) is 4.66. The molecule has 0 heterocycles. The summed E-state index contributed by atoms with van der Waals surface area (Å²) >= 11 is 3.51. The van der Waals surface area contributed by atoms with Crippen molar-refractivity contribution in [2.75, 3.05) is 5.33 Å². The summed E-state index contributed by atoms with van der Waals surface area (Å²) in [6.07, 6.45) is 2.13. The summed E-state index contributed by atoms with van der Waals surface area (Å²) < 4.78 is 0. The molecule has 82 valence electrons. The summed E-state index contributed by atoms with van der Waals surface area (Å²) in [7, 11) is 0. The minimum absolute atomic E-state index is 1.03. The van der Waals surface area contributed by atoms with Crippen LogP contribution in [-0.4, -0.2) is 5.33 Å². The van der Waals surface area contributed by atoms with E-state index in [4.69, 9.17) is 0 Å². The molecule has 0 fully saturated rings. The summed E-state index contributed by atoms with van der Waals surface area (Å²) in [4.78, 5) is 0. The van der Waals surface area contributed by atoms with Crippen LogP contribution in [0.2, 0.25) is 0 Å². The molecule has 0 aliphatic heterocycles. The van der Waals surface area contributed by atoms with Gasteiger partial charge < -0.3 is 0 Å². The van der Waals surface area contributed by atoms with Gasteiger partial charge in [0, 0.05) is 5.33 Å². The maximum Gasteiger partial charge on any atom is 0.00719 e. The van der Waals surface area contributed by atoms with Crippen molar-refractivity contribution in [3.05, 3.63) is 71.3 Å². The van der Waals surface area contributed by atoms with Gasteiger partial charge in [-0.1, -0.05) is 70.5 Å². The Balaban J connectivity index is 2.21. The summed E-state index contributed by atoms with van der Waals surface area (Å²) in [6.45, 7) is 0. The van der Waals surface area contributed by atoms with Crippen LogP contribution in [0.3, 0.4) is 0 Å². The predicted octanol–water partition coefficient (Wildman–Crippen LogP) is 4.21. The van der Waals surface area contributed by atoms with E-state index in [0.29, 0.717) is 0 Å².